The number of nitrogens with zero attached hydrogens (tertiary/aromatic N) is 2. The second-order valence-corrected chi connectivity index (χ2v) is 7.55. The monoisotopic (exact) mass is 426 g/mol. The Bertz CT molecular complexity index is 1130. The summed E-state index contributed by atoms with van der Waals surface area (Å²) < 4.78 is 57.3. The number of rotatable bonds is 5. The Morgan fingerprint density at radius 1 is 1.11 bits per heavy atom. The summed E-state index contributed by atoms with van der Waals surface area (Å²) in [6.45, 7) is 0. The summed E-state index contributed by atoms with van der Waals surface area (Å²) >= 11 is 5.73. The highest BCUT2D eigenvalue weighted by Crippen LogP contribution is 2.25. The molecule has 1 heterocycles. The third-order valence-electron chi connectivity index (χ3n) is 3.62. The number of amides is 1. The zero-order valence-corrected chi connectivity index (χ0v) is 15.9. The van der Waals surface area contributed by atoms with Crippen molar-refractivity contribution in [3.05, 3.63) is 71.0 Å². The molecular weight excluding hydrogens is 414 g/mol. The van der Waals surface area contributed by atoms with Crippen molar-refractivity contribution in [2.24, 2.45) is 7.05 Å². The molecule has 0 bridgehead atoms. The van der Waals surface area contributed by atoms with Gasteiger partial charge in [-0.05, 0) is 36.4 Å². The summed E-state index contributed by atoms with van der Waals surface area (Å²) in [7, 11) is -2.85. The average molecular weight is 427 g/mol. The Balaban J connectivity index is 1.82. The number of hydrogen-bond acceptors (Lipinski definition) is 4. The summed E-state index contributed by atoms with van der Waals surface area (Å²) in [4.78, 5) is 16.1. The molecule has 0 aliphatic rings. The molecule has 3 rings (SSSR count). The molecule has 0 unspecified atom stereocenters. The van der Waals surface area contributed by atoms with Crippen LogP contribution in [-0.4, -0.2) is 23.9 Å². The van der Waals surface area contributed by atoms with Crippen LogP contribution in [0.2, 0.25) is 5.02 Å². The Kier molecular flexibility index (Phi) is 5.34. The van der Waals surface area contributed by atoms with Gasteiger partial charge in [-0.15, -0.1) is 0 Å². The second-order valence-electron chi connectivity index (χ2n) is 5.70. The van der Waals surface area contributed by atoms with Gasteiger partial charge in [-0.3, -0.25) is 9.52 Å². The van der Waals surface area contributed by atoms with E-state index in [1.165, 1.54) is 41.9 Å². The largest absolute Gasteiger partial charge is 0.333 e. The van der Waals surface area contributed by atoms with Crippen molar-refractivity contribution in [3.63, 3.8) is 0 Å². The number of nitrogens with one attached hydrogen (secondary N) is 2. The van der Waals surface area contributed by atoms with Crippen molar-refractivity contribution in [1.82, 2.24) is 14.3 Å². The minimum atomic E-state index is -4.27. The SMILES string of the molecule is Cn1cc(C(=O)NS(=O)(=O)Nc2ccc(Cl)cc2)nc1-c1c(F)cccc1F. The van der Waals surface area contributed by atoms with Crippen molar-refractivity contribution in [2.75, 3.05) is 4.72 Å². The number of anilines is 1. The maximum absolute atomic E-state index is 14.0. The molecular formula is C17H13ClF2N4O3S. The van der Waals surface area contributed by atoms with Gasteiger partial charge in [-0.25, -0.2) is 18.5 Å². The fourth-order valence-electron chi connectivity index (χ4n) is 2.39. The Morgan fingerprint density at radius 3 is 2.32 bits per heavy atom. The molecule has 1 aromatic heterocycles. The molecule has 0 aliphatic heterocycles. The zero-order valence-electron chi connectivity index (χ0n) is 14.3. The number of aromatic nitrogens is 2. The van der Waals surface area contributed by atoms with Gasteiger partial charge in [0.05, 0.1) is 11.3 Å². The lowest BCUT2D eigenvalue weighted by Crippen LogP contribution is -2.35. The Morgan fingerprint density at radius 2 is 1.71 bits per heavy atom. The van der Waals surface area contributed by atoms with E-state index in [1.54, 1.807) is 4.72 Å². The number of carbonyl (C=O) groups is 1. The van der Waals surface area contributed by atoms with Crippen LogP contribution in [0, 0.1) is 11.6 Å². The van der Waals surface area contributed by atoms with Crippen LogP contribution >= 0.6 is 11.6 Å². The summed E-state index contributed by atoms with van der Waals surface area (Å²) in [6, 6.07) is 9.04. The first-order valence-corrected chi connectivity index (χ1v) is 9.60. The smallest absolute Gasteiger partial charge is 0.324 e. The third-order valence-corrected chi connectivity index (χ3v) is 4.83. The maximum Gasteiger partial charge on any atom is 0.324 e. The number of halogens is 3. The van der Waals surface area contributed by atoms with Crippen molar-refractivity contribution < 1.29 is 22.0 Å². The van der Waals surface area contributed by atoms with E-state index in [1.807, 2.05) is 0 Å². The molecule has 0 saturated heterocycles. The number of benzene rings is 2. The van der Waals surface area contributed by atoms with E-state index in [9.17, 15) is 22.0 Å². The van der Waals surface area contributed by atoms with E-state index in [4.69, 9.17) is 11.6 Å². The number of hydrogen-bond donors (Lipinski definition) is 2. The molecule has 3 aromatic rings. The van der Waals surface area contributed by atoms with Crippen LogP contribution in [0.3, 0.4) is 0 Å². The second kappa shape index (κ2) is 7.56. The van der Waals surface area contributed by atoms with Gasteiger partial charge in [-0.1, -0.05) is 17.7 Å². The van der Waals surface area contributed by atoms with Crippen molar-refractivity contribution in [3.8, 4) is 11.4 Å². The minimum Gasteiger partial charge on any atom is -0.333 e. The van der Waals surface area contributed by atoms with E-state index in [0.29, 0.717) is 5.02 Å². The van der Waals surface area contributed by atoms with E-state index in [2.05, 4.69) is 9.71 Å². The fourth-order valence-corrected chi connectivity index (χ4v) is 3.36. The molecule has 146 valence electrons. The summed E-state index contributed by atoms with van der Waals surface area (Å²) in [5, 5.41) is 0.411. The molecule has 11 heteroatoms. The molecule has 7 nitrogen and oxygen atoms in total. The van der Waals surface area contributed by atoms with E-state index in [0.717, 1.165) is 18.3 Å². The number of aryl methyl sites for hydroxylation is 1. The van der Waals surface area contributed by atoms with Crippen LogP contribution in [0.4, 0.5) is 14.5 Å². The Labute approximate surface area is 164 Å². The van der Waals surface area contributed by atoms with Gasteiger partial charge >= 0.3 is 10.2 Å². The van der Waals surface area contributed by atoms with E-state index < -0.39 is 33.3 Å². The highest BCUT2D eigenvalue weighted by Gasteiger charge is 2.22. The standard InChI is InChI=1S/C17H13ClF2N4O3S/c1-24-9-14(21-16(24)15-12(19)3-2-4-13(15)20)17(25)23-28(26,27)22-11-7-5-10(18)6-8-11/h2-9,22H,1H3,(H,23,25). The molecule has 0 saturated carbocycles. The highest BCUT2D eigenvalue weighted by molar-refractivity contribution is 7.91. The van der Waals surface area contributed by atoms with Gasteiger partial charge < -0.3 is 4.57 Å². The predicted octanol–water partition coefficient (Wildman–Crippen LogP) is 3.11. The minimum absolute atomic E-state index is 0.163. The van der Waals surface area contributed by atoms with Crippen LogP contribution in [-0.2, 0) is 17.3 Å². The molecule has 0 fully saturated rings. The van der Waals surface area contributed by atoms with Gasteiger partial charge in [0.1, 0.15) is 23.2 Å². The molecule has 0 atom stereocenters. The van der Waals surface area contributed by atoms with Crippen LogP contribution in [0.1, 0.15) is 10.5 Å². The van der Waals surface area contributed by atoms with E-state index in [-0.39, 0.29) is 17.2 Å². The Hall–Kier alpha value is -2.98. The highest BCUT2D eigenvalue weighted by atomic mass is 35.5. The number of carbonyl (C=O) groups excluding carboxylic acids is 1. The van der Waals surface area contributed by atoms with Gasteiger partial charge in [0.15, 0.2) is 0 Å². The van der Waals surface area contributed by atoms with Crippen LogP contribution in [0.5, 0.6) is 0 Å². The lowest BCUT2D eigenvalue weighted by atomic mass is 10.2. The molecule has 0 aliphatic carbocycles. The summed E-state index contributed by atoms with van der Waals surface area (Å²) in [5.74, 6) is -2.96. The predicted molar refractivity (Wildman–Crippen MR) is 100 cm³/mol. The van der Waals surface area contributed by atoms with Crippen LogP contribution in [0.25, 0.3) is 11.4 Å². The van der Waals surface area contributed by atoms with E-state index >= 15 is 0 Å². The fraction of sp³-hybridized carbons (Fsp3) is 0.0588. The van der Waals surface area contributed by atoms with Crippen LogP contribution < -0.4 is 9.44 Å². The molecule has 2 aromatic carbocycles. The molecule has 0 radical (unpaired) electrons. The van der Waals surface area contributed by atoms with Gasteiger partial charge in [-0.2, -0.15) is 8.42 Å². The first kappa shape index (κ1) is 19.8. The van der Waals surface area contributed by atoms with Crippen molar-refractivity contribution in [1.29, 1.82) is 0 Å². The summed E-state index contributed by atoms with van der Waals surface area (Å²) in [6.07, 6.45) is 1.16. The third kappa shape index (κ3) is 4.29. The first-order valence-electron chi connectivity index (χ1n) is 7.74. The molecule has 28 heavy (non-hydrogen) atoms. The molecule has 1 amide bonds. The quantitative estimate of drug-likeness (QED) is 0.655. The molecule has 2 N–H and O–H groups in total. The first-order chi connectivity index (χ1) is 13.2. The van der Waals surface area contributed by atoms with Gasteiger partial charge in [0.2, 0.25) is 0 Å². The lowest BCUT2D eigenvalue weighted by Gasteiger charge is -2.08. The lowest BCUT2D eigenvalue weighted by molar-refractivity contribution is 0.0977. The van der Waals surface area contributed by atoms with Gasteiger partial charge in [0.25, 0.3) is 5.91 Å². The average Bonchev–Trinajstić information content (AvgIpc) is 2.98. The van der Waals surface area contributed by atoms with Crippen LogP contribution in [0.15, 0.2) is 48.7 Å². The molecule has 0 spiro atoms. The van der Waals surface area contributed by atoms with Crippen molar-refractivity contribution >= 4 is 33.4 Å². The number of imidazole rings is 1. The van der Waals surface area contributed by atoms with Gasteiger partial charge in [0, 0.05) is 18.3 Å². The normalized spacial score (nSPS) is 11.3. The zero-order chi connectivity index (χ0) is 20.5. The maximum atomic E-state index is 14.0. The topological polar surface area (TPSA) is 93.1 Å². The van der Waals surface area contributed by atoms with Crippen molar-refractivity contribution in [2.45, 2.75) is 0 Å². The summed E-state index contributed by atoms with van der Waals surface area (Å²) in [5.41, 5.74) is -0.576.